The van der Waals surface area contributed by atoms with Crippen LogP contribution in [0.4, 0.5) is 26.1 Å². The Morgan fingerprint density at radius 2 is 2.00 bits per heavy atom. The van der Waals surface area contributed by atoms with E-state index in [0.717, 1.165) is 22.4 Å². The lowest BCUT2D eigenvalue weighted by Crippen LogP contribution is -2.29. The first-order chi connectivity index (χ1) is 16.4. The Balaban J connectivity index is 1.54. The highest BCUT2D eigenvalue weighted by Crippen LogP contribution is 2.35. The number of pyridine rings is 1. The molecule has 8 nitrogen and oxygen atoms in total. The number of nitrogens with one attached hydrogen (secondary N) is 1. The van der Waals surface area contributed by atoms with Crippen LogP contribution >= 0.6 is 0 Å². The van der Waals surface area contributed by atoms with Crippen LogP contribution in [-0.4, -0.2) is 37.3 Å². The van der Waals surface area contributed by atoms with Crippen molar-refractivity contribution in [2.75, 3.05) is 16.8 Å². The van der Waals surface area contributed by atoms with Gasteiger partial charge in [-0.25, -0.2) is 18.7 Å². The van der Waals surface area contributed by atoms with E-state index in [4.69, 9.17) is 0 Å². The van der Waals surface area contributed by atoms with E-state index in [-0.39, 0.29) is 23.3 Å². The van der Waals surface area contributed by atoms with Gasteiger partial charge >= 0.3 is 0 Å². The molecule has 3 aromatic heterocycles. The highest BCUT2D eigenvalue weighted by Gasteiger charge is 2.33. The molecule has 1 fully saturated rings. The van der Waals surface area contributed by atoms with Crippen molar-refractivity contribution in [1.82, 2.24) is 24.7 Å². The van der Waals surface area contributed by atoms with Crippen LogP contribution in [-0.2, 0) is 0 Å². The fourth-order valence-electron chi connectivity index (χ4n) is 4.28. The summed E-state index contributed by atoms with van der Waals surface area (Å²) >= 11 is 0. The van der Waals surface area contributed by atoms with Crippen molar-refractivity contribution >= 4 is 28.4 Å². The molecule has 1 saturated heterocycles. The molecular weight excluding hydrogens is 438 g/mol. The zero-order chi connectivity index (χ0) is 23.8. The van der Waals surface area contributed by atoms with Gasteiger partial charge in [0.1, 0.15) is 18.0 Å². The molecule has 0 amide bonds. The summed E-state index contributed by atoms with van der Waals surface area (Å²) in [7, 11) is 0. The van der Waals surface area contributed by atoms with E-state index in [1.54, 1.807) is 21.9 Å². The molecule has 4 heterocycles. The summed E-state index contributed by atoms with van der Waals surface area (Å²) in [6.07, 6.45) is -0.425. The highest BCUT2D eigenvalue weighted by molar-refractivity contribution is 5.82. The number of nitriles is 1. The lowest BCUT2D eigenvalue weighted by Gasteiger charge is -2.25. The SMILES string of the molecule is Cc1ccc(Nc2ccc3ncn(-c4ccc(C(F)F)c(N5C[C@H](C#N)C[C@@H]5C)n4)c3c2)nn1. The summed E-state index contributed by atoms with van der Waals surface area (Å²) in [5, 5.41) is 20.7. The van der Waals surface area contributed by atoms with Crippen LogP contribution in [0.25, 0.3) is 16.9 Å². The maximum Gasteiger partial charge on any atom is 0.267 e. The molecule has 0 spiro atoms. The lowest BCUT2D eigenvalue weighted by molar-refractivity contribution is 0.151. The molecule has 1 aliphatic heterocycles. The van der Waals surface area contributed by atoms with Gasteiger partial charge in [0.2, 0.25) is 0 Å². The van der Waals surface area contributed by atoms with Gasteiger partial charge in [0.05, 0.1) is 34.3 Å². The first-order valence-corrected chi connectivity index (χ1v) is 10.9. The molecule has 0 saturated carbocycles. The molecule has 0 aliphatic carbocycles. The molecular formula is C24H22F2N8. The molecule has 0 bridgehead atoms. The molecule has 1 N–H and O–H groups in total. The van der Waals surface area contributed by atoms with E-state index in [0.29, 0.717) is 24.6 Å². The molecule has 0 unspecified atom stereocenters. The number of benzene rings is 1. The molecule has 1 aromatic carbocycles. The van der Waals surface area contributed by atoms with Gasteiger partial charge in [0, 0.05) is 18.3 Å². The number of aryl methyl sites for hydroxylation is 1. The van der Waals surface area contributed by atoms with Crippen molar-refractivity contribution in [3.05, 3.63) is 60.0 Å². The lowest BCUT2D eigenvalue weighted by atomic mass is 10.1. The quantitative estimate of drug-likeness (QED) is 0.451. The van der Waals surface area contributed by atoms with Crippen molar-refractivity contribution in [2.24, 2.45) is 5.92 Å². The van der Waals surface area contributed by atoms with E-state index in [9.17, 15) is 14.0 Å². The summed E-state index contributed by atoms with van der Waals surface area (Å²) in [6.45, 7) is 4.18. The number of aromatic nitrogens is 5. The van der Waals surface area contributed by atoms with Gasteiger partial charge in [0.15, 0.2) is 5.82 Å². The van der Waals surface area contributed by atoms with Crippen LogP contribution in [0.1, 0.15) is 31.0 Å². The Labute approximate surface area is 194 Å². The Kier molecular flexibility index (Phi) is 5.53. The molecule has 2 atom stereocenters. The van der Waals surface area contributed by atoms with Gasteiger partial charge in [-0.1, -0.05) is 0 Å². The van der Waals surface area contributed by atoms with Crippen LogP contribution in [0.3, 0.4) is 0 Å². The Bertz CT molecular complexity index is 1380. The second-order valence-corrected chi connectivity index (χ2v) is 8.45. The number of halogens is 2. The molecule has 10 heteroatoms. The third-order valence-corrected chi connectivity index (χ3v) is 6.02. The topological polar surface area (TPSA) is 95.6 Å². The Hall–Kier alpha value is -4.13. The van der Waals surface area contributed by atoms with Crippen molar-refractivity contribution in [3.8, 4) is 11.9 Å². The van der Waals surface area contributed by atoms with E-state index < -0.39 is 6.43 Å². The largest absolute Gasteiger partial charge is 0.352 e. The van der Waals surface area contributed by atoms with Crippen molar-refractivity contribution in [3.63, 3.8) is 0 Å². The average Bonchev–Trinajstić information content (AvgIpc) is 3.43. The van der Waals surface area contributed by atoms with Gasteiger partial charge in [0.25, 0.3) is 6.43 Å². The van der Waals surface area contributed by atoms with E-state index in [2.05, 4.69) is 31.6 Å². The molecule has 1 aliphatic rings. The second-order valence-electron chi connectivity index (χ2n) is 8.45. The van der Waals surface area contributed by atoms with Gasteiger partial charge in [-0.2, -0.15) is 10.4 Å². The monoisotopic (exact) mass is 460 g/mol. The number of fused-ring (bicyclic) bond motifs is 1. The summed E-state index contributed by atoms with van der Waals surface area (Å²) in [5.41, 5.74) is 2.96. The van der Waals surface area contributed by atoms with Crippen LogP contribution in [0.15, 0.2) is 48.8 Å². The first-order valence-electron chi connectivity index (χ1n) is 10.9. The minimum atomic E-state index is -2.67. The van der Waals surface area contributed by atoms with Crippen LogP contribution in [0.2, 0.25) is 0 Å². The molecule has 172 valence electrons. The van der Waals surface area contributed by atoms with Crippen molar-refractivity contribution in [1.29, 1.82) is 5.26 Å². The summed E-state index contributed by atoms with van der Waals surface area (Å²) in [6, 6.07) is 14.5. The molecule has 5 rings (SSSR count). The fraction of sp³-hybridized carbons (Fsp3) is 0.292. The third-order valence-electron chi connectivity index (χ3n) is 6.02. The first kappa shape index (κ1) is 21.7. The summed E-state index contributed by atoms with van der Waals surface area (Å²) in [4.78, 5) is 10.9. The van der Waals surface area contributed by atoms with E-state index in [1.165, 1.54) is 6.07 Å². The van der Waals surface area contributed by atoms with Crippen LogP contribution < -0.4 is 10.2 Å². The Morgan fingerprint density at radius 3 is 2.71 bits per heavy atom. The van der Waals surface area contributed by atoms with E-state index in [1.807, 2.05) is 44.2 Å². The molecule has 4 aromatic rings. The van der Waals surface area contributed by atoms with Crippen LogP contribution in [0.5, 0.6) is 0 Å². The highest BCUT2D eigenvalue weighted by atomic mass is 19.3. The standard InChI is InChI=1S/C24H22F2N8/c1-14-3-7-21(32-31-14)29-17-4-6-19-20(10-17)34(13-28-19)22-8-5-18(23(25)26)24(30-22)33-12-16(11-27)9-15(33)2/h3-8,10,13,15-16,23H,9,12H2,1-2H3,(H,29,32)/t15-,16-/m0/s1. The van der Waals surface area contributed by atoms with E-state index >= 15 is 0 Å². The molecule has 34 heavy (non-hydrogen) atoms. The minimum absolute atomic E-state index is 0.0594. The van der Waals surface area contributed by atoms with Crippen molar-refractivity contribution < 1.29 is 8.78 Å². The zero-order valence-corrected chi connectivity index (χ0v) is 18.7. The smallest absolute Gasteiger partial charge is 0.267 e. The third kappa shape index (κ3) is 4.01. The number of imidazole rings is 1. The van der Waals surface area contributed by atoms with Gasteiger partial charge in [-0.05, 0) is 62.7 Å². The number of nitrogens with zero attached hydrogens (tertiary/aromatic N) is 7. The second kappa shape index (κ2) is 8.67. The maximum absolute atomic E-state index is 13.8. The average molecular weight is 460 g/mol. The Morgan fingerprint density at radius 1 is 1.15 bits per heavy atom. The fourth-order valence-corrected chi connectivity index (χ4v) is 4.28. The van der Waals surface area contributed by atoms with Crippen LogP contribution in [0, 0.1) is 24.2 Å². The predicted molar refractivity (Wildman–Crippen MR) is 124 cm³/mol. The number of hydrogen-bond acceptors (Lipinski definition) is 7. The van der Waals surface area contributed by atoms with Gasteiger partial charge in [-0.15, -0.1) is 5.10 Å². The number of rotatable bonds is 5. The van der Waals surface area contributed by atoms with Gasteiger partial charge in [-0.3, -0.25) is 4.57 Å². The maximum atomic E-state index is 13.8. The summed E-state index contributed by atoms with van der Waals surface area (Å²) < 4.78 is 29.4. The predicted octanol–water partition coefficient (Wildman–Crippen LogP) is 4.94. The number of hydrogen-bond donors (Lipinski definition) is 1. The number of anilines is 3. The minimum Gasteiger partial charge on any atom is -0.352 e. The normalized spacial score (nSPS) is 17.9. The number of alkyl halides is 2. The molecule has 0 radical (unpaired) electrons. The zero-order valence-electron chi connectivity index (χ0n) is 18.7. The van der Waals surface area contributed by atoms with Gasteiger partial charge < -0.3 is 10.2 Å². The summed E-state index contributed by atoms with van der Waals surface area (Å²) in [5.74, 6) is 1.08. The van der Waals surface area contributed by atoms with Crippen molar-refractivity contribution in [2.45, 2.75) is 32.7 Å².